The predicted molar refractivity (Wildman–Crippen MR) is 63.4 cm³/mol. The minimum absolute atomic E-state index is 0.550. The number of aryl methyl sites for hydroxylation is 1. The van der Waals surface area contributed by atoms with Crippen LogP contribution < -0.4 is 0 Å². The van der Waals surface area contributed by atoms with Crippen LogP contribution in [0.25, 0.3) is 4.91 Å². The first-order chi connectivity index (χ1) is 6.83. The van der Waals surface area contributed by atoms with Gasteiger partial charge in [-0.1, -0.05) is 18.2 Å². The summed E-state index contributed by atoms with van der Waals surface area (Å²) in [6, 6.07) is 0. The van der Waals surface area contributed by atoms with Crippen molar-refractivity contribution in [2.75, 3.05) is 0 Å². The Balaban J connectivity index is 1.96. The van der Waals surface area contributed by atoms with E-state index in [-0.39, 0.29) is 0 Å². The second-order valence-corrected chi connectivity index (χ2v) is 5.43. The third kappa shape index (κ3) is 1.28. The minimum atomic E-state index is 0.550. The van der Waals surface area contributed by atoms with E-state index in [0.29, 0.717) is 5.25 Å². The van der Waals surface area contributed by atoms with Crippen LogP contribution in [-0.2, 0) is 0 Å². The SMILES string of the molecule is Cc1csc(C2=CC3=CC=CC3S2)n1. The monoisotopic (exact) mass is 219 g/mol. The molecule has 1 unspecified atom stereocenters. The highest BCUT2D eigenvalue weighted by atomic mass is 32.2. The van der Waals surface area contributed by atoms with Crippen LogP contribution in [0.4, 0.5) is 0 Å². The fraction of sp³-hybridized carbons (Fsp3) is 0.182. The van der Waals surface area contributed by atoms with Crippen molar-refractivity contribution in [1.82, 2.24) is 4.98 Å². The third-order valence-corrected chi connectivity index (χ3v) is 4.66. The molecule has 0 N–H and O–H groups in total. The number of fused-ring (bicyclic) bond motifs is 1. The molecule has 1 aromatic rings. The van der Waals surface area contributed by atoms with Gasteiger partial charge in [-0.15, -0.1) is 23.1 Å². The molecule has 0 saturated heterocycles. The van der Waals surface area contributed by atoms with Crippen molar-refractivity contribution >= 4 is 28.0 Å². The van der Waals surface area contributed by atoms with Crippen LogP contribution in [0.5, 0.6) is 0 Å². The Hall–Kier alpha value is -0.800. The van der Waals surface area contributed by atoms with E-state index in [1.54, 1.807) is 11.3 Å². The van der Waals surface area contributed by atoms with Crippen molar-refractivity contribution in [1.29, 1.82) is 0 Å². The average Bonchev–Trinajstić information content (AvgIpc) is 2.75. The van der Waals surface area contributed by atoms with Gasteiger partial charge in [0, 0.05) is 16.0 Å². The van der Waals surface area contributed by atoms with E-state index in [0.717, 1.165) is 10.7 Å². The van der Waals surface area contributed by atoms with Crippen LogP contribution >= 0.6 is 23.1 Å². The maximum atomic E-state index is 4.50. The van der Waals surface area contributed by atoms with E-state index in [1.165, 1.54) is 10.5 Å². The lowest BCUT2D eigenvalue weighted by atomic mass is 10.2. The molecular formula is C11H9NS2. The Bertz CT molecular complexity index is 465. The molecule has 14 heavy (non-hydrogen) atoms. The highest BCUT2D eigenvalue weighted by Gasteiger charge is 2.24. The summed E-state index contributed by atoms with van der Waals surface area (Å²) >= 11 is 3.64. The van der Waals surface area contributed by atoms with Crippen LogP contribution in [0.3, 0.4) is 0 Å². The first-order valence-corrected chi connectivity index (χ1v) is 6.28. The molecule has 2 aliphatic rings. The lowest BCUT2D eigenvalue weighted by Crippen LogP contribution is -1.89. The van der Waals surface area contributed by atoms with Gasteiger partial charge in [-0.2, -0.15) is 0 Å². The third-order valence-electron chi connectivity index (χ3n) is 2.28. The average molecular weight is 219 g/mol. The quantitative estimate of drug-likeness (QED) is 0.718. The van der Waals surface area contributed by atoms with Gasteiger partial charge in [-0.25, -0.2) is 4.98 Å². The van der Waals surface area contributed by atoms with E-state index in [9.17, 15) is 0 Å². The highest BCUT2D eigenvalue weighted by Crippen LogP contribution is 2.45. The Labute approximate surface area is 91.3 Å². The molecule has 0 radical (unpaired) electrons. The number of aromatic nitrogens is 1. The molecule has 0 amide bonds. The summed E-state index contributed by atoms with van der Waals surface area (Å²) in [7, 11) is 0. The van der Waals surface area contributed by atoms with Crippen molar-refractivity contribution < 1.29 is 0 Å². The lowest BCUT2D eigenvalue weighted by Gasteiger charge is -2.00. The number of nitrogens with zero attached hydrogens (tertiary/aromatic N) is 1. The molecular weight excluding hydrogens is 210 g/mol. The molecule has 1 atom stereocenters. The summed E-state index contributed by atoms with van der Waals surface area (Å²) in [6.07, 6.45) is 8.82. The van der Waals surface area contributed by atoms with E-state index >= 15 is 0 Å². The topological polar surface area (TPSA) is 12.9 Å². The summed E-state index contributed by atoms with van der Waals surface area (Å²) in [5.41, 5.74) is 2.53. The van der Waals surface area contributed by atoms with Gasteiger partial charge in [0.2, 0.25) is 0 Å². The van der Waals surface area contributed by atoms with Gasteiger partial charge >= 0.3 is 0 Å². The molecule has 3 heteroatoms. The van der Waals surface area contributed by atoms with Gasteiger partial charge in [-0.3, -0.25) is 0 Å². The molecule has 0 spiro atoms. The van der Waals surface area contributed by atoms with Crippen LogP contribution in [0.1, 0.15) is 10.7 Å². The van der Waals surface area contributed by atoms with Gasteiger partial charge in [0.1, 0.15) is 5.01 Å². The second kappa shape index (κ2) is 3.11. The number of thioether (sulfide) groups is 1. The highest BCUT2D eigenvalue weighted by molar-refractivity contribution is 8.09. The molecule has 1 aliphatic carbocycles. The number of thiazole rings is 1. The van der Waals surface area contributed by atoms with Crippen LogP contribution in [-0.4, -0.2) is 10.2 Å². The van der Waals surface area contributed by atoms with Crippen LogP contribution in [0.15, 0.2) is 35.3 Å². The van der Waals surface area contributed by atoms with E-state index < -0.39 is 0 Å². The number of hydrogen-bond acceptors (Lipinski definition) is 3. The van der Waals surface area contributed by atoms with Crippen molar-refractivity contribution in [3.05, 3.63) is 46.0 Å². The Morgan fingerprint density at radius 3 is 3.07 bits per heavy atom. The number of hydrogen-bond donors (Lipinski definition) is 0. The van der Waals surface area contributed by atoms with Crippen LogP contribution in [0, 0.1) is 6.92 Å². The van der Waals surface area contributed by atoms with Crippen molar-refractivity contribution in [2.45, 2.75) is 12.2 Å². The van der Waals surface area contributed by atoms with E-state index in [1.807, 2.05) is 18.7 Å². The smallest absolute Gasteiger partial charge is 0.130 e. The molecule has 70 valence electrons. The fourth-order valence-electron chi connectivity index (χ4n) is 1.61. The molecule has 0 saturated carbocycles. The standard InChI is InChI=1S/C11H9NS2/c1-7-6-13-11(12-7)10-5-8-3-2-4-9(8)14-10/h2-6,9H,1H3. The molecule has 0 aromatic carbocycles. The molecule has 1 nitrogen and oxygen atoms in total. The maximum absolute atomic E-state index is 4.50. The zero-order valence-corrected chi connectivity index (χ0v) is 9.36. The number of rotatable bonds is 1. The zero-order valence-electron chi connectivity index (χ0n) is 7.73. The Morgan fingerprint density at radius 2 is 2.36 bits per heavy atom. The summed E-state index contributed by atoms with van der Waals surface area (Å²) < 4.78 is 0. The molecule has 2 heterocycles. The fourth-order valence-corrected chi connectivity index (χ4v) is 3.68. The van der Waals surface area contributed by atoms with Gasteiger partial charge < -0.3 is 0 Å². The molecule has 1 aliphatic heterocycles. The predicted octanol–water partition coefficient (Wildman–Crippen LogP) is 3.40. The van der Waals surface area contributed by atoms with Crippen molar-refractivity contribution in [2.24, 2.45) is 0 Å². The van der Waals surface area contributed by atoms with E-state index in [2.05, 4.69) is 34.7 Å². The Morgan fingerprint density at radius 1 is 1.43 bits per heavy atom. The molecule has 0 bridgehead atoms. The van der Waals surface area contributed by atoms with E-state index in [4.69, 9.17) is 0 Å². The Kier molecular flexibility index (Phi) is 1.89. The molecule has 3 rings (SSSR count). The number of allylic oxidation sites excluding steroid dienone is 3. The normalized spacial score (nSPS) is 23.6. The summed E-state index contributed by atoms with van der Waals surface area (Å²) in [5.74, 6) is 0. The second-order valence-electron chi connectivity index (χ2n) is 3.39. The van der Waals surface area contributed by atoms with Gasteiger partial charge in [0.25, 0.3) is 0 Å². The first kappa shape index (κ1) is 8.50. The van der Waals surface area contributed by atoms with Gasteiger partial charge in [-0.05, 0) is 18.6 Å². The molecule has 0 fully saturated rings. The minimum Gasteiger partial charge on any atom is -0.241 e. The van der Waals surface area contributed by atoms with Crippen LogP contribution in [0.2, 0.25) is 0 Å². The summed E-state index contributed by atoms with van der Waals surface area (Å²) in [6.45, 7) is 2.04. The summed E-state index contributed by atoms with van der Waals surface area (Å²) in [4.78, 5) is 5.82. The van der Waals surface area contributed by atoms with Crippen molar-refractivity contribution in [3.63, 3.8) is 0 Å². The van der Waals surface area contributed by atoms with Gasteiger partial charge in [0.15, 0.2) is 0 Å². The lowest BCUT2D eigenvalue weighted by molar-refractivity contribution is 1.25. The molecule has 1 aromatic heterocycles. The van der Waals surface area contributed by atoms with Crippen molar-refractivity contribution in [3.8, 4) is 0 Å². The zero-order chi connectivity index (χ0) is 9.54. The largest absolute Gasteiger partial charge is 0.241 e. The first-order valence-electron chi connectivity index (χ1n) is 4.52. The summed E-state index contributed by atoms with van der Waals surface area (Å²) in [5, 5.41) is 3.82. The maximum Gasteiger partial charge on any atom is 0.130 e. The van der Waals surface area contributed by atoms with Gasteiger partial charge in [0.05, 0.1) is 5.25 Å².